The summed E-state index contributed by atoms with van der Waals surface area (Å²) in [6.45, 7) is 0. The van der Waals surface area contributed by atoms with Crippen molar-refractivity contribution in [3.63, 3.8) is 0 Å². The van der Waals surface area contributed by atoms with Crippen molar-refractivity contribution in [2.24, 2.45) is 0 Å². The van der Waals surface area contributed by atoms with Gasteiger partial charge in [-0.2, -0.15) is 0 Å². The van der Waals surface area contributed by atoms with Crippen molar-refractivity contribution in [3.8, 4) is 5.75 Å². The minimum Gasteiger partial charge on any atom is -0.496 e. The van der Waals surface area contributed by atoms with Crippen LogP contribution in [-0.4, -0.2) is 12.1 Å². The standard InChI is InChI=1S/C17H13NO3/c1-20-15-9-5-2-6-12(15)10-11-16-18-14-8-4-3-7-13(14)17(19)21-16/h2-11H,1H3/b11-10+. The topological polar surface area (TPSA) is 52.3 Å². The highest BCUT2D eigenvalue weighted by Gasteiger charge is 2.03. The van der Waals surface area contributed by atoms with Crippen LogP contribution in [0.3, 0.4) is 0 Å². The molecule has 2 aromatic carbocycles. The molecular weight excluding hydrogens is 266 g/mol. The monoisotopic (exact) mass is 279 g/mol. The van der Waals surface area contributed by atoms with E-state index < -0.39 is 0 Å². The van der Waals surface area contributed by atoms with Crippen molar-refractivity contribution in [1.82, 2.24) is 4.98 Å². The molecule has 0 aliphatic carbocycles. The summed E-state index contributed by atoms with van der Waals surface area (Å²) in [4.78, 5) is 16.2. The second-order valence-corrected chi connectivity index (χ2v) is 4.43. The lowest BCUT2D eigenvalue weighted by Crippen LogP contribution is -2.02. The molecule has 0 saturated heterocycles. The maximum absolute atomic E-state index is 11.9. The summed E-state index contributed by atoms with van der Waals surface area (Å²) in [7, 11) is 1.61. The van der Waals surface area contributed by atoms with Crippen LogP contribution in [0, 0.1) is 0 Å². The van der Waals surface area contributed by atoms with Gasteiger partial charge in [-0.3, -0.25) is 0 Å². The maximum atomic E-state index is 11.9. The number of fused-ring (bicyclic) bond motifs is 1. The van der Waals surface area contributed by atoms with Crippen molar-refractivity contribution < 1.29 is 9.15 Å². The molecule has 0 fully saturated rings. The van der Waals surface area contributed by atoms with E-state index >= 15 is 0 Å². The second-order valence-electron chi connectivity index (χ2n) is 4.43. The first-order valence-corrected chi connectivity index (χ1v) is 6.49. The van der Waals surface area contributed by atoms with Gasteiger partial charge in [-0.15, -0.1) is 0 Å². The number of rotatable bonds is 3. The molecule has 0 aliphatic rings. The Balaban J connectivity index is 2.02. The van der Waals surface area contributed by atoms with Crippen molar-refractivity contribution in [3.05, 3.63) is 70.4 Å². The van der Waals surface area contributed by atoms with E-state index in [2.05, 4.69) is 4.98 Å². The van der Waals surface area contributed by atoms with E-state index in [4.69, 9.17) is 9.15 Å². The normalized spacial score (nSPS) is 11.1. The van der Waals surface area contributed by atoms with E-state index in [-0.39, 0.29) is 11.5 Å². The molecule has 0 saturated carbocycles. The van der Waals surface area contributed by atoms with E-state index in [1.54, 1.807) is 37.5 Å². The molecule has 0 atom stereocenters. The highest BCUT2D eigenvalue weighted by molar-refractivity contribution is 5.78. The minimum atomic E-state index is -0.389. The van der Waals surface area contributed by atoms with E-state index in [0.29, 0.717) is 10.9 Å². The Morgan fingerprint density at radius 3 is 2.67 bits per heavy atom. The molecular formula is C17H13NO3. The van der Waals surface area contributed by atoms with Crippen LogP contribution < -0.4 is 10.4 Å². The maximum Gasteiger partial charge on any atom is 0.347 e. The molecule has 0 radical (unpaired) electrons. The number of nitrogens with zero attached hydrogens (tertiary/aromatic N) is 1. The smallest absolute Gasteiger partial charge is 0.347 e. The van der Waals surface area contributed by atoms with Gasteiger partial charge in [0, 0.05) is 11.6 Å². The number of aromatic nitrogens is 1. The van der Waals surface area contributed by atoms with Crippen LogP contribution in [0.1, 0.15) is 11.5 Å². The summed E-state index contributed by atoms with van der Waals surface area (Å²) in [6.07, 6.45) is 3.46. The van der Waals surface area contributed by atoms with Gasteiger partial charge < -0.3 is 9.15 Å². The summed E-state index contributed by atoms with van der Waals surface area (Å²) < 4.78 is 10.5. The van der Waals surface area contributed by atoms with Gasteiger partial charge in [0.05, 0.1) is 18.0 Å². The SMILES string of the molecule is COc1ccccc1/C=C/c1nc2ccccc2c(=O)o1. The molecule has 1 heterocycles. The average Bonchev–Trinajstić information content (AvgIpc) is 2.53. The van der Waals surface area contributed by atoms with E-state index in [0.717, 1.165) is 11.3 Å². The first-order valence-electron chi connectivity index (χ1n) is 6.49. The van der Waals surface area contributed by atoms with Gasteiger partial charge in [-0.25, -0.2) is 9.78 Å². The lowest BCUT2D eigenvalue weighted by Gasteiger charge is -2.03. The third-order valence-electron chi connectivity index (χ3n) is 3.10. The van der Waals surface area contributed by atoms with Crippen molar-refractivity contribution in [1.29, 1.82) is 0 Å². The van der Waals surface area contributed by atoms with E-state index in [1.807, 2.05) is 30.3 Å². The zero-order valence-corrected chi connectivity index (χ0v) is 11.4. The Bertz CT molecular complexity index is 865. The third kappa shape index (κ3) is 2.69. The fourth-order valence-electron chi connectivity index (χ4n) is 2.07. The number of methoxy groups -OCH3 is 1. The van der Waals surface area contributed by atoms with Crippen LogP contribution in [0.25, 0.3) is 23.1 Å². The molecule has 4 nitrogen and oxygen atoms in total. The Hall–Kier alpha value is -2.88. The Kier molecular flexibility index (Phi) is 3.51. The average molecular weight is 279 g/mol. The van der Waals surface area contributed by atoms with Crippen LogP contribution in [0.4, 0.5) is 0 Å². The number of benzene rings is 2. The van der Waals surface area contributed by atoms with Crippen LogP contribution >= 0.6 is 0 Å². The predicted octanol–water partition coefficient (Wildman–Crippen LogP) is 3.37. The van der Waals surface area contributed by atoms with Crippen LogP contribution in [0.5, 0.6) is 5.75 Å². The predicted molar refractivity (Wildman–Crippen MR) is 82.2 cm³/mol. The van der Waals surface area contributed by atoms with Gasteiger partial charge in [-0.1, -0.05) is 30.3 Å². The molecule has 0 bridgehead atoms. The lowest BCUT2D eigenvalue weighted by molar-refractivity contribution is 0.414. The molecule has 1 aromatic heterocycles. The molecule has 0 aliphatic heterocycles. The van der Waals surface area contributed by atoms with Gasteiger partial charge in [0.2, 0.25) is 5.89 Å². The minimum absolute atomic E-state index is 0.268. The molecule has 4 heteroatoms. The Morgan fingerprint density at radius 1 is 1.05 bits per heavy atom. The Morgan fingerprint density at radius 2 is 1.81 bits per heavy atom. The summed E-state index contributed by atoms with van der Waals surface area (Å²) in [6, 6.07) is 14.7. The first-order chi connectivity index (χ1) is 10.3. The van der Waals surface area contributed by atoms with Crippen LogP contribution in [0.2, 0.25) is 0 Å². The van der Waals surface area contributed by atoms with Gasteiger partial charge in [0.25, 0.3) is 0 Å². The van der Waals surface area contributed by atoms with Crippen molar-refractivity contribution in [2.45, 2.75) is 0 Å². The highest BCUT2D eigenvalue weighted by Crippen LogP contribution is 2.19. The summed E-state index contributed by atoms with van der Waals surface area (Å²) >= 11 is 0. The van der Waals surface area contributed by atoms with Crippen LogP contribution in [0.15, 0.2) is 57.7 Å². The number of ether oxygens (including phenoxy) is 1. The number of para-hydroxylation sites is 2. The fourth-order valence-corrected chi connectivity index (χ4v) is 2.07. The summed E-state index contributed by atoms with van der Waals surface area (Å²) in [5.74, 6) is 1.02. The molecule has 3 rings (SSSR count). The molecule has 21 heavy (non-hydrogen) atoms. The fraction of sp³-hybridized carbons (Fsp3) is 0.0588. The molecule has 0 N–H and O–H groups in total. The largest absolute Gasteiger partial charge is 0.496 e. The zero-order chi connectivity index (χ0) is 14.7. The summed E-state index contributed by atoms with van der Waals surface area (Å²) in [5, 5.41) is 0.479. The third-order valence-corrected chi connectivity index (χ3v) is 3.10. The highest BCUT2D eigenvalue weighted by atomic mass is 16.5. The van der Waals surface area contributed by atoms with Gasteiger partial charge in [0.15, 0.2) is 0 Å². The van der Waals surface area contributed by atoms with E-state index in [9.17, 15) is 4.79 Å². The molecule has 0 amide bonds. The lowest BCUT2D eigenvalue weighted by atomic mass is 10.2. The molecule has 3 aromatic rings. The zero-order valence-electron chi connectivity index (χ0n) is 11.4. The number of hydrogen-bond donors (Lipinski definition) is 0. The van der Waals surface area contributed by atoms with Gasteiger partial charge >= 0.3 is 5.63 Å². The van der Waals surface area contributed by atoms with E-state index in [1.165, 1.54) is 0 Å². The first kappa shape index (κ1) is 13.1. The quantitative estimate of drug-likeness (QED) is 0.737. The molecule has 0 unspecified atom stereocenters. The van der Waals surface area contributed by atoms with Crippen LogP contribution in [-0.2, 0) is 0 Å². The number of hydrogen-bond acceptors (Lipinski definition) is 4. The van der Waals surface area contributed by atoms with Crippen molar-refractivity contribution in [2.75, 3.05) is 7.11 Å². The van der Waals surface area contributed by atoms with Gasteiger partial charge in [-0.05, 0) is 24.3 Å². The second kappa shape index (κ2) is 5.63. The van der Waals surface area contributed by atoms with Gasteiger partial charge in [0.1, 0.15) is 5.75 Å². The molecule has 104 valence electrons. The van der Waals surface area contributed by atoms with Crippen molar-refractivity contribution >= 4 is 23.1 Å². The summed E-state index contributed by atoms with van der Waals surface area (Å²) in [5.41, 5.74) is 1.12. The molecule has 0 spiro atoms. The Labute approximate surface area is 121 Å².